The van der Waals surface area contributed by atoms with Crippen LogP contribution in [0.3, 0.4) is 0 Å². The van der Waals surface area contributed by atoms with Crippen molar-refractivity contribution in [1.29, 1.82) is 0 Å². The minimum Gasteiger partial charge on any atom is -0.364 e. The van der Waals surface area contributed by atoms with Crippen molar-refractivity contribution in [2.75, 3.05) is 5.32 Å². The summed E-state index contributed by atoms with van der Waals surface area (Å²) >= 11 is 1.24. The van der Waals surface area contributed by atoms with Crippen LogP contribution in [0.5, 0.6) is 0 Å². The standard InChI is InChI=1S/C16H13N5S/c1-10-12-4-2-3-5-13(12)16(19-18-10)17-9-11-6-7-14-15(8-11)21-22-20-14/h2-8H,9H2,1H3,(H,17,19). The first-order valence-electron chi connectivity index (χ1n) is 6.98. The van der Waals surface area contributed by atoms with Gasteiger partial charge in [-0.1, -0.05) is 30.3 Å². The van der Waals surface area contributed by atoms with Gasteiger partial charge in [0.2, 0.25) is 0 Å². The minimum absolute atomic E-state index is 0.676. The number of benzene rings is 2. The average molecular weight is 307 g/mol. The summed E-state index contributed by atoms with van der Waals surface area (Å²) in [7, 11) is 0. The number of anilines is 1. The fourth-order valence-corrected chi connectivity index (χ4v) is 3.01. The molecule has 6 heteroatoms. The second-order valence-corrected chi connectivity index (χ2v) is 5.65. The van der Waals surface area contributed by atoms with Crippen LogP contribution in [0, 0.1) is 6.92 Å². The normalized spacial score (nSPS) is 11.1. The SMILES string of the molecule is Cc1nnc(NCc2ccc3nsnc3c2)c2ccccc12. The molecule has 0 unspecified atom stereocenters. The number of rotatable bonds is 3. The van der Waals surface area contributed by atoms with Gasteiger partial charge in [-0.2, -0.15) is 13.8 Å². The van der Waals surface area contributed by atoms with Crippen molar-refractivity contribution in [2.24, 2.45) is 0 Å². The third kappa shape index (κ3) is 2.27. The lowest BCUT2D eigenvalue weighted by molar-refractivity contribution is 0.983. The van der Waals surface area contributed by atoms with E-state index in [1.807, 2.05) is 25.1 Å². The van der Waals surface area contributed by atoms with Crippen LogP contribution in [-0.2, 0) is 6.54 Å². The van der Waals surface area contributed by atoms with Gasteiger partial charge in [-0.3, -0.25) is 0 Å². The molecule has 0 saturated heterocycles. The zero-order chi connectivity index (χ0) is 14.9. The second-order valence-electron chi connectivity index (χ2n) is 5.12. The monoisotopic (exact) mass is 307 g/mol. The van der Waals surface area contributed by atoms with E-state index in [4.69, 9.17) is 0 Å². The maximum Gasteiger partial charge on any atom is 0.156 e. The molecule has 0 aliphatic heterocycles. The lowest BCUT2D eigenvalue weighted by atomic mass is 10.1. The van der Waals surface area contributed by atoms with Gasteiger partial charge < -0.3 is 5.32 Å². The highest BCUT2D eigenvalue weighted by molar-refractivity contribution is 7.00. The van der Waals surface area contributed by atoms with Crippen LogP contribution in [0.25, 0.3) is 21.8 Å². The van der Waals surface area contributed by atoms with Crippen molar-refractivity contribution in [1.82, 2.24) is 18.9 Å². The number of nitrogens with one attached hydrogen (secondary N) is 1. The molecule has 22 heavy (non-hydrogen) atoms. The maximum atomic E-state index is 4.29. The molecule has 2 aromatic heterocycles. The van der Waals surface area contributed by atoms with Crippen molar-refractivity contribution >= 4 is 39.4 Å². The Balaban J connectivity index is 1.65. The summed E-state index contributed by atoms with van der Waals surface area (Å²) in [6, 6.07) is 14.3. The van der Waals surface area contributed by atoms with E-state index >= 15 is 0 Å². The highest BCUT2D eigenvalue weighted by atomic mass is 32.1. The molecule has 0 aliphatic rings. The summed E-state index contributed by atoms with van der Waals surface area (Å²) in [5.74, 6) is 0.803. The Bertz CT molecular complexity index is 963. The van der Waals surface area contributed by atoms with Crippen molar-refractivity contribution in [3.05, 3.63) is 53.7 Å². The fraction of sp³-hybridized carbons (Fsp3) is 0.125. The predicted molar refractivity (Wildman–Crippen MR) is 89.0 cm³/mol. The lowest BCUT2D eigenvalue weighted by Crippen LogP contribution is -2.04. The van der Waals surface area contributed by atoms with E-state index in [1.54, 1.807) is 0 Å². The van der Waals surface area contributed by atoms with Crippen LogP contribution in [0.15, 0.2) is 42.5 Å². The first kappa shape index (κ1) is 13.1. The number of nitrogens with zero attached hydrogens (tertiary/aromatic N) is 4. The Hall–Kier alpha value is -2.60. The molecule has 4 aromatic rings. The van der Waals surface area contributed by atoms with Crippen molar-refractivity contribution in [2.45, 2.75) is 13.5 Å². The summed E-state index contributed by atoms with van der Waals surface area (Å²) in [6.07, 6.45) is 0. The molecule has 1 N–H and O–H groups in total. The molecule has 0 atom stereocenters. The molecule has 2 aromatic carbocycles. The van der Waals surface area contributed by atoms with Gasteiger partial charge in [-0.25, -0.2) is 0 Å². The molecular weight excluding hydrogens is 294 g/mol. The third-order valence-electron chi connectivity index (χ3n) is 3.65. The Morgan fingerprint density at radius 2 is 1.77 bits per heavy atom. The van der Waals surface area contributed by atoms with Gasteiger partial charge in [0.1, 0.15) is 11.0 Å². The Morgan fingerprint density at radius 1 is 0.955 bits per heavy atom. The highest BCUT2D eigenvalue weighted by Gasteiger charge is 2.06. The summed E-state index contributed by atoms with van der Waals surface area (Å²) in [5.41, 5.74) is 3.96. The molecule has 0 bridgehead atoms. The lowest BCUT2D eigenvalue weighted by Gasteiger charge is -2.09. The predicted octanol–water partition coefficient (Wildman–Crippen LogP) is 3.56. The summed E-state index contributed by atoms with van der Waals surface area (Å²) < 4.78 is 8.49. The Kier molecular flexibility index (Phi) is 3.16. The van der Waals surface area contributed by atoms with E-state index in [0.717, 1.165) is 38.9 Å². The first-order chi connectivity index (χ1) is 10.8. The molecule has 0 fully saturated rings. The summed E-state index contributed by atoms with van der Waals surface area (Å²) in [5, 5.41) is 14.1. The fourth-order valence-electron chi connectivity index (χ4n) is 2.49. The number of fused-ring (bicyclic) bond motifs is 2. The van der Waals surface area contributed by atoms with E-state index in [0.29, 0.717) is 6.54 Å². The van der Waals surface area contributed by atoms with Crippen molar-refractivity contribution in [3.8, 4) is 0 Å². The van der Waals surface area contributed by atoms with E-state index in [-0.39, 0.29) is 0 Å². The molecule has 0 radical (unpaired) electrons. The van der Waals surface area contributed by atoms with E-state index < -0.39 is 0 Å². The van der Waals surface area contributed by atoms with Crippen LogP contribution in [0.1, 0.15) is 11.3 Å². The summed E-state index contributed by atoms with van der Waals surface area (Å²) in [6.45, 7) is 2.65. The van der Waals surface area contributed by atoms with Gasteiger partial charge in [-0.15, -0.1) is 5.10 Å². The number of aromatic nitrogens is 4. The second kappa shape index (κ2) is 5.31. The molecular formula is C16H13N5S. The van der Waals surface area contributed by atoms with Crippen molar-refractivity contribution < 1.29 is 0 Å². The van der Waals surface area contributed by atoms with Crippen LogP contribution < -0.4 is 5.32 Å². The topological polar surface area (TPSA) is 63.6 Å². The Labute approximate surface area is 131 Å². The zero-order valence-corrected chi connectivity index (χ0v) is 12.8. The molecule has 4 rings (SSSR count). The van der Waals surface area contributed by atoms with E-state index in [2.05, 4.69) is 48.5 Å². The van der Waals surface area contributed by atoms with Gasteiger partial charge in [-0.05, 0) is 24.6 Å². The molecule has 5 nitrogen and oxygen atoms in total. The quantitative estimate of drug-likeness (QED) is 0.627. The molecule has 0 saturated carbocycles. The molecule has 108 valence electrons. The molecule has 0 amide bonds. The van der Waals surface area contributed by atoms with Crippen LogP contribution >= 0.6 is 11.7 Å². The van der Waals surface area contributed by atoms with E-state index in [1.165, 1.54) is 11.7 Å². The molecule has 0 spiro atoms. The first-order valence-corrected chi connectivity index (χ1v) is 7.71. The van der Waals surface area contributed by atoms with Gasteiger partial charge >= 0.3 is 0 Å². The largest absolute Gasteiger partial charge is 0.364 e. The van der Waals surface area contributed by atoms with Gasteiger partial charge in [0.05, 0.1) is 17.4 Å². The number of hydrogen-bond acceptors (Lipinski definition) is 6. The Morgan fingerprint density at radius 3 is 2.68 bits per heavy atom. The van der Waals surface area contributed by atoms with Gasteiger partial charge in [0.25, 0.3) is 0 Å². The van der Waals surface area contributed by atoms with Crippen LogP contribution in [0.2, 0.25) is 0 Å². The number of aryl methyl sites for hydroxylation is 1. The minimum atomic E-state index is 0.676. The molecule has 2 heterocycles. The van der Waals surface area contributed by atoms with Crippen molar-refractivity contribution in [3.63, 3.8) is 0 Å². The zero-order valence-electron chi connectivity index (χ0n) is 11.9. The summed E-state index contributed by atoms with van der Waals surface area (Å²) in [4.78, 5) is 0. The maximum absolute atomic E-state index is 4.29. The smallest absolute Gasteiger partial charge is 0.156 e. The van der Waals surface area contributed by atoms with Gasteiger partial charge in [0, 0.05) is 17.3 Å². The number of hydrogen-bond donors (Lipinski definition) is 1. The average Bonchev–Trinajstić information content (AvgIpc) is 3.02. The molecule has 0 aliphatic carbocycles. The van der Waals surface area contributed by atoms with Crippen LogP contribution in [-0.4, -0.2) is 18.9 Å². The third-order valence-corrected chi connectivity index (χ3v) is 4.21. The van der Waals surface area contributed by atoms with Gasteiger partial charge in [0.15, 0.2) is 5.82 Å². The van der Waals surface area contributed by atoms with Crippen LogP contribution in [0.4, 0.5) is 5.82 Å². The van der Waals surface area contributed by atoms with E-state index in [9.17, 15) is 0 Å². The highest BCUT2D eigenvalue weighted by Crippen LogP contribution is 2.23.